The Bertz CT molecular complexity index is 678. The molecule has 2 aliphatic carbocycles. The Kier molecular flexibility index (Phi) is 10.8. The summed E-state index contributed by atoms with van der Waals surface area (Å²) in [6, 6.07) is 9.14. The second-order valence-corrected chi connectivity index (χ2v) is 10.3. The minimum absolute atomic E-state index is 0.0700. The molecule has 0 aromatic heterocycles. The van der Waals surface area contributed by atoms with E-state index >= 15 is 0 Å². The lowest BCUT2D eigenvalue weighted by atomic mass is 9.77. The average molecular weight is 465 g/mol. The zero-order valence-electron chi connectivity index (χ0n) is 20.4. The van der Waals surface area contributed by atoms with E-state index in [1.54, 1.807) is 0 Å². The summed E-state index contributed by atoms with van der Waals surface area (Å²) in [4.78, 5) is 0. The fourth-order valence-corrected chi connectivity index (χ4v) is 5.63. The van der Waals surface area contributed by atoms with E-state index < -0.39 is 6.18 Å². The van der Waals surface area contributed by atoms with Crippen molar-refractivity contribution in [1.82, 2.24) is 0 Å². The molecule has 1 aromatic rings. The summed E-state index contributed by atoms with van der Waals surface area (Å²) in [7, 11) is 0. The van der Waals surface area contributed by atoms with Crippen molar-refractivity contribution in [2.45, 2.75) is 121 Å². The van der Waals surface area contributed by atoms with Gasteiger partial charge in [0.1, 0.15) is 0 Å². The standard InChI is InChI=1S/C29H43F3O/c1-2-3-4-5-6-7-22-33-28-18-16-27(17-19-28)26-14-12-25(13-15-26)24-10-8-23(9-11-24)20-21-29(30,31)32/h12-15,20-21,23-24,27-28H,2-11,16-19,22H2,1H3/b21-20+. The highest BCUT2D eigenvalue weighted by molar-refractivity contribution is 5.28. The molecule has 0 amide bonds. The smallest absolute Gasteiger partial charge is 0.378 e. The zero-order chi connectivity index (χ0) is 23.5. The highest BCUT2D eigenvalue weighted by Gasteiger charge is 2.26. The van der Waals surface area contributed by atoms with Crippen molar-refractivity contribution in [3.05, 3.63) is 47.5 Å². The molecule has 0 saturated heterocycles. The van der Waals surface area contributed by atoms with E-state index in [1.807, 2.05) is 0 Å². The Labute approximate surface area is 199 Å². The number of rotatable bonds is 11. The molecule has 4 heteroatoms. The molecular formula is C29H43F3O. The van der Waals surface area contributed by atoms with Gasteiger partial charge in [0.25, 0.3) is 0 Å². The van der Waals surface area contributed by atoms with Gasteiger partial charge in [-0.05, 0) is 86.7 Å². The largest absolute Gasteiger partial charge is 0.409 e. The van der Waals surface area contributed by atoms with Gasteiger partial charge in [-0.1, -0.05) is 69.4 Å². The van der Waals surface area contributed by atoms with Crippen LogP contribution < -0.4 is 0 Å². The number of allylic oxidation sites excluding steroid dienone is 2. The number of hydrogen-bond donors (Lipinski definition) is 0. The first-order valence-corrected chi connectivity index (χ1v) is 13.4. The van der Waals surface area contributed by atoms with E-state index in [1.165, 1.54) is 68.6 Å². The number of halogens is 3. The fourth-order valence-electron chi connectivity index (χ4n) is 5.63. The summed E-state index contributed by atoms with van der Waals surface area (Å²) < 4.78 is 43.3. The summed E-state index contributed by atoms with van der Waals surface area (Å²) >= 11 is 0. The normalized spacial score (nSPS) is 26.7. The predicted molar refractivity (Wildman–Crippen MR) is 131 cm³/mol. The molecule has 0 radical (unpaired) electrons. The molecule has 3 rings (SSSR count). The van der Waals surface area contributed by atoms with Gasteiger partial charge in [-0.25, -0.2) is 0 Å². The van der Waals surface area contributed by atoms with Crippen LogP contribution in [0.1, 0.15) is 120 Å². The van der Waals surface area contributed by atoms with Gasteiger partial charge in [0.15, 0.2) is 0 Å². The molecule has 0 aliphatic heterocycles. The third-order valence-corrected chi connectivity index (χ3v) is 7.73. The van der Waals surface area contributed by atoms with Crippen molar-refractivity contribution in [3.8, 4) is 0 Å². The molecule has 1 aromatic carbocycles. The minimum atomic E-state index is -4.19. The first kappa shape index (κ1) is 26.3. The molecule has 186 valence electrons. The van der Waals surface area contributed by atoms with Crippen LogP contribution in [0.2, 0.25) is 0 Å². The predicted octanol–water partition coefficient (Wildman–Crippen LogP) is 9.48. The van der Waals surface area contributed by atoms with Gasteiger partial charge in [-0.2, -0.15) is 13.2 Å². The van der Waals surface area contributed by atoms with Crippen molar-refractivity contribution < 1.29 is 17.9 Å². The highest BCUT2D eigenvalue weighted by Crippen LogP contribution is 2.39. The maximum absolute atomic E-state index is 12.4. The maximum Gasteiger partial charge on any atom is 0.409 e. The van der Waals surface area contributed by atoms with Gasteiger partial charge in [0.2, 0.25) is 0 Å². The molecule has 33 heavy (non-hydrogen) atoms. The Balaban J connectivity index is 1.34. The molecule has 0 unspecified atom stereocenters. The topological polar surface area (TPSA) is 9.23 Å². The van der Waals surface area contributed by atoms with Gasteiger partial charge in [-0.15, -0.1) is 0 Å². The third kappa shape index (κ3) is 9.47. The van der Waals surface area contributed by atoms with Crippen LogP contribution in [0.4, 0.5) is 13.2 Å². The average Bonchev–Trinajstić information content (AvgIpc) is 2.83. The summed E-state index contributed by atoms with van der Waals surface area (Å²) in [5, 5.41) is 0. The van der Waals surface area contributed by atoms with Crippen LogP contribution >= 0.6 is 0 Å². The van der Waals surface area contributed by atoms with Gasteiger partial charge in [-0.3, -0.25) is 0 Å². The van der Waals surface area contributed by atoms with Crippen LogP contribution in [0.15, 0.2) is 36.4 Å². The van der Waals surface area contributed by atoms with Crippen molar-refractivity contribution in [2.24, 2.45) is 5.92 Å². The molecule has 0 spiro atoms. The van der Waals surface area contributed by atoms with Gasteiger partial charge in [0, 0.05) is 12.7 Å². The van der Waals surface area contributed by atoms with Crippen molar-refractivity contribution in [2.75, 3.05) is 6.61 Å². The van der Waals surface area contributed by atoms with Crippen LogP contribution in [-0.4, -0.2) is 18.9 Å². The van der Waals surface area contributed by atoms with Crippen LogP contribution in [0.25, 0.3) is 0 Å². The van der Waals surface area contributed by atoms with E-state index in [0.717, 1.165) is 45.1 Å². The number of hydrogen-bond acceptors (Lipinski definition) is 1. The molecular weight excluding hydrogens is 421 g/mol. The Morgan fingerprint density at radius 2 is 1.27 bits per heavy atom. The number of benzene rings is 1. The van der Waals surface area contributed by atoms with Gasteiger partial charge in [0.05, 0.1) is 6.10 Å². The SMILES string of the molecule is CCCCCCCCOC1CCC(c2ccc(C3CCC(/C=C/C(F)(F)F)CC3)cc2)CC1. The molecule has 0 bridgehead atoms. The van der Waals surface area contributed by atoms with E-state index in [4.69, 9.17) is 4.74 Å². The lowest BCUT2D eigenvalue weighted by Crippen LogP contribution is -2.21. The molecule has 0 N–H and O–H groups in total. The summed E-state index contributed by atoms with van der Waals surface area (Å²) in [6.45, 7) is 3.18. The van der Waals surface area contributed by atoms with Gasteiger partial charge >= 0.3 is 6.18 Å². The molecule has 0 atom stereocenters. The van der Waals surface area contributed by atoms with Crippen LogP contribution in [0.5, 0.6) is 0 Å². The number of ether oxygens (including phenoxy) is 1. The lowest BCUT2D eigenvalue weighted by Gasteiger charge is -2.30. The lowest BCUT2D eigenvalue weighted by molar-refractivity contribution is -0.0803. The van der Waals surface area contributed by atoms with Crippen molar-refractivity contribution in [1.29, 1.82) is 0 Å². The highest BCUT2D eigenvalue weighted by atomic mass is 19.4. The molecule has 2 fully saturated rings. The molecule has 2 saturated carbocycles. The second-order valence-electron chi connectivity index (χ2n) is 10.3. The first-order chi connectivity index (χ1) is 15.9. The minimum Gasteiger partial charge on any atom is -0.378 e. The quantitative estimate of drug-likeness (QED) is 0.234. The Hall–Kier alpha value is -1.29. The van der Waals surface area contributed by atoms with Crippen molar-refractivity contribution in [3.63, 3.8) is 0 Å². The monoisotopic (exact) mass is 464 g/mol. The molecule has 0 heterocycles. The fraction of sp³-hybridized carbons (Fsp3) is 0.724. The Morgan fingerprint density at radius 3 is 1.82 bits per heavy atom. The first-order valence-electron chi connectivity index (χ1n) is 13.4. The van der Waals surface area contributed by atoms with Crippen LogP contribution in [0.3, 0.4) is 0 Å². The van der Waals surface area contributed by atoms with Crippen molar-refractivity contribution >= 4 is 0 Å². The molecule has 2 aliphatic rings. The summed E-state index contributed by atoms with van der Waals surface area (Å²) in [5.74, 6) is 1.19. The number of alkyl halides is 3. The van der Waals surface area contributed by atoms with Crippen LogP contribution in [0, 0.1) is 5.92 Å². The molecule has 1 nitrogen and oxygen atoms in total. The number of unbranched alkanes of at least 4 members (excludes halogenated alkanes) is 5. The van der Waals surface area contributed by atoms with Crippen LogP contribution in [-0.2, 0) is 4.74 Å². The van der Waals surface area contributed by atoms with E-state index in [9.17, 15) is 13.2 Å². The summed E-state index contributed by atoms with van der Waals surface area (Å²) in [6.07, 6.45) is 14.3. The summed E-state index contributed by atoms with van der Waals surface area (Å²) in [5.41, 5.74) is 2.79. The van der Waals surface area contributed by atoms with Gasteiger partial charge < -0.3 is 4.74 Å². The maximum atomic E-state index is 12.4. The Morgan fingerprint density at radius 1 is 0.758 bits per heavy atom. The third-order valence-electron chi connectivity index (χ3n) is 7.73. The van der Waals surface area contributed by atoms with E-state index in [-0.39, 0.29) is 5.92 Å². The second kappa shape index (κ2) is 13.6. The van der Waals surface area contributed by atoms with E-state index in [2.05, 4.69) is 31.2 Å². The zero-order valence-corrected chi connectivity index (χ0v) is 20.4. The van der Waals surface area contributed by atoms with E-state index in [0.29, 0.717) is 24.0 Å².